The molecule has 0 atom stereocenters. The molecule has 2 aromatic rings. The van der Waals surface area contributed by atoms with Crippen molar-refractivity contribution in [2.45, 2.75) is 0 Å². The molecule has 0 aliphatic carbocycles. The molecule has 1 amide bonds. The van der Waals surface area contributed by atoms with Crippen LogP contribution in [0.1, 0.15) is 5.56 Å². The van der Waals surface area contributed by atoms with Gasteiger partial charge in [0, 0.05) is 11.5 Å². The highest BCUT2D eigenvalue weighted by Crippen LogP contribution is 2.13. The van der Waals surface area contributed by atoms with E-state index in [2.05, 4.69) is 10.2 Å². The Kier molecular flexibility index (Phi) is 2.02. The highest BCUT2D eigenvalue weighted by Gasteiger charge is 1.95. The Bertz CT molecular complexity index is 499. The molecule has 0 aliphatic rings. The van der Waals surface area contributed by atoms with E-state index >= 15 is 0 Å². The van der Waals surface area contributed by atoms with Crippen LogP contribution < -0.4 is 5.73 Å². The van der Waals surface area contributed by atoms with Crippen molar-refractivity contribution < 1.29 is 4.79 Å². The summed E-state index contributed by atoms with van der Waals surface area (Å²) in [6, 6.07) is 5.72. The van der Waals surface area contributed by atoms with Crippen LogP contribution in [0.25, 0.3) is 17.0 Å². The van der Waals surface area contributed by atoms with Gasteiger partial charge in [-0.1, -0.05) is 6.07 Å². The first-order chi connectivity index (χ1) is 6.75. The second-order valence-electron chi connectivity index (χ2n) is 2.95. The molecule has 4 nitrogen and oxygen atoms in total. The van der Waals surface area contributed by atoms with Gasteiger partial charge in [-0.15, -0.1) is 0 Å². The summed E-state index contributed by atoms with van der Waals surface area (Å²) in [6.07, 6.45) is 4.74. The third-order valence-electron chi connectivity index (χ3n) is 1.90. The summed E-state index contributed by atoms with van der Waals surface area (Å²) in [5, 5.41) is 7.75. The van der Waals surface area contributed by atoms with E-state index in [4.69, 9.17) is 5.73 Å². The van der Waals surface area contributed by atoms with E-state index in [0.717, 1.165) is 16.5 Å². The van der Waals surface area contributed by atoms with Crippen LogP contribution in [0.5, 0.6) is 0 Å². The van der Waals surface area contributed by atoms with Gasteiger partial charge in [-0.05, 0) is 23.8 Å². The standard InChI is InChI=1S/C10H9N3O/c11-10(14)4-2-7-1-3-9-8(5-7)6-12-13-9/h1-6H,(H2,11,14)(H,12,13). The molecule has 0 radical (unpaired) electrons. The third kappa shape index (κ3) is 1.64. The number of primary amides is 1. The average molecular weight is 187 g/mol. The van der Waals surface area contributed by atoms with Crippen LogP contribution in [0, 0.1) is 0 Å². The van der Waals surface area contributed by atoms with Gasteiger partial charge in [-0.3, -0.25) is 9.89 Å². The summed E-state index contributed by atoms with van der Waals surface area (Å²) in [5.74, 6) is -0.447. The summed E-state index contributed by atoms with van der Waals surface area (Å²) in [5.41, 5.74) is 6.89. The highest BCUT2D eigenvalue weighted by molar-refractivity contribution is 5.91. The predicted molar refractivity (Wildman–Crippen MR) is 54.3 cm³/mol. The number of fused-ring (bicyclic) bond motifs is 1. The van der Waals surface area contributed by atoms with Crippen LogP contribution >= 0.6 is 0 Å². The molecule has 1 aromatic heterocycles. The van der Waals surface area contributed by atoms with Gasteiger partial charge >= 0.3 is 0 Å². The molecular weight excluding hydrogens is 178 g/mol. The number of carbonyl (C=O) groups excluding carboxylic acids is 1. The molecule has 0 fully saturated rings. The molecule has 3 N–H and O–H groups in total. The van der Waals surface area contributed by atoms with Crippen LogP contribution in [-0.2, 0) is 4.79 Å². The fraction of sp³-hybridized carbons (Fsp3) is 0. The van der Waals surface area contributed by atoms with E-state index in [1.807, 2.05) is 18.2 Å². The van der Waals surface area contributed by atoms with Gasteiger partial charge in [-0.25, -0.2) is 0 Å². The summed E-state index contributed by atoms with van der Waals surface area (Å²) in [6.45, 7) is 0. The highest BCUT2D eigenvalue weighted by atomic mass is 16.1. The first-order valence-corrected chi connectivity index (χ1v) is 4.16. The molecule has 4 heteroatoms. The van der Waals surface area contributed by atoms with Crippen LogP contribution in [0.2, 0.25) is 0 Å². The number of benzene rings is 1. The lowest BCUT2D eigenvalue weighted by Gasteiger charge is -1.92. The van der Waals surface area contributed by atoms with E-state index in [1.165, 1.54) is 6.08 Å². The molecule has 0 saturated heterocycles. The van der Waals surface area contributed by atoms with Crippen molar-refractivity contribution in [3.63, 3.8) is 0 Å². The van der Waals surface area contributed by atoms with Crippen molar-refractivity contribution in [3.05, 3.63) is 36.0 Å². The zero-order chi connectivity index (χ0) is 9.97. The summed E-state index contributed by atoms with van der Waals surface area (Å²) in [4.78, 5) is 10.5. The maximum atomic E-state index is 10.5. The number of hydrogen-bond acceptors (Lipinski definition) is 2. The Labute approximate surface area is 80.4 Å². The third-order valence-corrected chi connectivity index (χ3v) is 1.90. The number of aromatic amines is 1. The molecule has 0 unspecified atom stereocenters. The van der Waals surface area contributed by atoms with Crippen molar-refractivity contribution in [2.75, 3.05) is 0 Å². The topological polar surface area (TPSA) is 71.8 Å². The van der Waals surface area contributed by atoms with Crippen LogP contribution in [0.3, 0.4) is 0 Å². The summed E-state index contributed by atoms with van der Waals surface area (Å²) >= 11 is 0. The predicted octanol–water partition coefficient (Wildman–Crippen LogP) is 1.06. The lowest BCUT2D eigenvalue weighted by Crippen LogP contribution is -2.04. The normalized spacial score (nSPS) is 11.1. The minimum absolute atomic E-state index is 0.447. The fourth-order valence-corrected chi connectivity index (χ4v) is 1.24. The van der Waals surface area contributed by atoms with E-state index in [-0.39, 0.29) is 0 Å². The van der Waals surface area contributed by atoms with Gasteiger partial charge in [0.2, 0.25) is 5.91 Å². The number of aromatic nitrogens is 2. The van der Waals surface area contributed by atoms with Crippen LogP contribution in [0.4, 0.5) is 0 Å². The SMILES string of the molecule is NC(=O)C=Cc1ccc2[nH]ncc2c1. The van der Waals surface area contributed by atoms with Crippen LogP contribution in [-0.4, -0.2) is 16.1 Å². The number of rotatable bonds is 2. The summed E-state index contributed by atoms with van der Waals surface area (Å²) in [7, 11) is 0. The van der Waals surface area contributed by atoms with Gasteiger partial charge in [0.15, 0.2) is 0 Å². The van der Waals surface area contributed by atoms with Crippen molar-refractivity contribution in [2.24, 2.45) is 5.73 Å². The minimum atomic E-state index is -0.447. The smallest absolute Gasteiger partial charge is 0.241 e. The minimum Gasteiger partial charge on any atom is -0.366 e. The molecule has 1 aromatic carbocycles. The van der Waals surface area contributed by atoms with Gasteiger partial charge in [0.25, 0.3) is 0 Å². The monoisotopic (exact) mass is 187 g/mol. The first-order valence-electron chi connectivity index (χ1n) is 4.16. The van der Waals surface area contributed by atoms with E-state index < -0.39 is 5.91 Å². The lowest BCUT2D eigenvalue weighted by molar-refractivity contribution is -0.113. The number of nitrogens with zero attached hydrogens (tertiary/aromatic N) is 1. The van der Waals surface area contributed by atoms with Crippen LogP contribution in [0.15, 0.2) is 30.5 Å². The molecule has 0 bridgehead atoms. The number of nitrogens with one attached hydrogen (secondary N) is 1. The zero-order valence-electron chi connectivity index (χ0n) is 7.40. The molecule has 14 heavy (non-hydrogen) atoms. The average Bonchev–Trinajstić information content (AvgIpc) is 2.61. The number of carbonyl (C=O) groups is 1. The Hall–Kier alpha value is -2.10. The van der Waals surface area contributed by atoms with Crippen molar-refractivity contribution in [1.29, 1.82) is 0 Å². The maximum absolute atomic E-state index is 10.5. The fourth-order valence-electron chi connectivity index (χ4n) is 1.24. The number of nitrogens with two attached hydrogens (primary N) is 1. The molecular formula is C10H9N3O. The quantitative estimate of drug-likeness (QED) is 0.690. The number of H-pyrrole nitrogens is 1. The Morgan fingerprint density at radius 1 is 1.50 bits per heavy atom. The number of amides is 1. The molecule has 70 valence electrons. The summed E-state index contributed by atoms with van der Waals surface area (Å²) < 4.78 is 0. The van der Waals surface area contributed by atoms with E-state index in [1.54, 1.807) is 12.3 Å². The molecule has 0 spiro atoms. The van der Waals surface area contributed by atoms with Crippen molar-refractivity contribution in [3.8, 4) is 0 Å². The first kappa shape index (κ1) is 8.50. The molecule has 2 rings (SSSR count). The Morgan fingerprint density at radius 3 is 3.14 bits per heavy atom. The van der Waals surface area contributed by atoms with Gasteiger partial charge in [-0.2, -0.15) is 5.10 Å². The van der Waals surface area contributed by atoms with Crippen molar-refractivity contribution >= 4 is 22.9 Å². The zero-order valence-corrected chi connectivity index (χ0v) is 7.40. The van der Waals surface area contributed by atoms with E-state index in [0.29, 0.717) is 0 Å². The lowest BCUT2D eigenvalue weighted by atomic mass is 10.1. The van der Waals surface area contributed by atoms with Crippen molar-refractivity contribution in [1.82, 2.24) is 10.2 Å². The largest absolute Gasteiger partial charge is 0.366 e. The maximum Gasteiger partial charge on any atom is 0.241 e. The number of hydrogen-bond donors (Lipinski definition) is 2. The van der Waals surface area contributed by atoms with E-state index in [9.17, 15) is 4.79 Å². The Balaban J connectivity index is 2.39. The molecule has 1 heterocycles. The molecule has 0 saturated carbocycles. The second kappa shape index (κ2) is 3.33. The molecule has 0 aliphatic heterocycles. The Morgan fingerprint density at radius 2 is 2.36 bits per heavy atom. The van der Waals surface area contributed by atoms with Gasteiger partial charge in [0.1, 0.15) is 0 Å². The van der Waals surface area contributed by atoms with Gasteiger partial charge < -0.3 is 5.73 Å². The van der Waals surface area contributed by atoms with Gasteiger partial charge in [0.05, 0.1) is 11.7 Å². The second-order valence-corrected chi connectivity index (χ2v) is 2.95.